The highest BCUT2D eigenvalue weighted by molar-refractivity contribution is 5.98. The van der Waals surface area contributed by atoms with Crippen molar-refractivity contribution in [3.63, 3.8) is 0 Å². The molecule has 1 heterocycles. The zero-order chi connectivity index (χ0) is 7.56. The maximum Gasteiger partial charge on any atom is 0.229 e. The molecule has 0 aromatic carbocycles. The molecule has 1 unspecified atom stereocenters. The van der Waals surface area contributed by atoms with Crippen LogP contribution < -0.4 is 5.32 Å². The lowest BCUT2D eigenvalue weighted by molar-refractivity contribution is -0.136. The molecule has 0 aliphatic carbocycles. The van der Waals surface area contributed by atoms with Gasteiger partial charge < -0.3 is 0 Å². The summed E-state index contributed by atoms with van der Waals surface area (Å²) in [6.07, 6.45) is 2.06. The van der Waals surface area contributed by atoms with Crippen LogP contribution in [0.1, 0.15) is 26.2 Å². The number of hydrogen-bond acceptors (Lipinski definition) is 2. The van der Waals surface area contributed by atoms with Crippen LogP contribution in [0.4, 0.5) is 0 Å². The van der Waals surface area contributed by atoms with Crippen molar-refractivity contribution < 1.29 is 9.59 Å². The maximum absolute atomic E-state index is 10.9. The molecule has 1 atom stereocenters. The van der Waals surface area contributed by atoms with Crippen molar-refractivity contribution in [2.24, 2.45) is 5.92 Å². The second-order valence-electron chi connectivity index (χ2n) is 2.56. The highest BCUT2D eigenvalue weighted by atomic mass is 16.2. The highest BCUT2D eigenvalue weighted by Crippen LogP contribution is 2.14. The summed E-state index contributed by atoms with van der Waals surface area (Å²) in [5.74, 6) is -0.161. The fraction of sp³-hybridized carbons (Fsp3) is 0.714. The first-order valence-electron chi connectivity index (χ1n) is 3.57. The molecule has 1 saturated heterocycles. The van der Waals surface area contributed by atoms with E-state index in [-0.39, 0.29) is 17.7 Å². The number of amides is 2. The molecule has 0 bridgehead atoms. The lowest BCUT2D eigenvalue weighted by Gasteiger charge is -2.18. The van der Waals surface area contributed by atoms with E-state index < -0.39 is 0 Å². The number of piperidine rings is 1. The van der Waals surface area contributed by atoms with E-state index in [2.05, 4.69) is 5.32 Å². The van der Waals surface area contributed by atoms with E-state index in [4.69, 9.17) is 0 Å². The van der Waals surface area contributed by atoms with Gasteiger partial charge in [0.2, 0.25) is 11.8 Å². The summed E-state index contributed by atoms with van der Waals surface area (Å²) in [4.78, 5) is 21.5. The predicted molar refractivity (Wildman–Crippen MR) is 36.2 cm³/mol. The summed E-state index contributed by atoms with van der Waals surface area (Å²) in [6, 6.07) is 0. The monoisotopic (exact) mass is 141 g/mol. The normalized spacial score (nSPS) is 26.3. The molecule has 10 heavy (non-hydrogen) atoms. The van der Waals surface area contributed by atoms with Crippen molar-refractivity contribution in [1.82, 2.24) is 5.32 Å². The van der Waals surface area contributed by atoms with E-state index in [9.17, 15) is 9.59 Å². The highest BCUT2D eigenvalue weighted by Gasteiger charge is 2.24. The molecule has 3 heteroatoms. The van der Waals surface area contributed by atoms with E-state index in [0.717, 1.165) is 12.8 Å². The number of nitrogens with one attached hydrogen (secondary N) is 1. The van der Waals surface area contributed by atoms with E-state index in [0.29, 0.717) is 6.42 Å². The molecule has 1 aliphatic heterocycles. The fourth-order valence-electron chi connectivity index (χ4n) is 1.13. The second-order valence-corrected chi connectivity index (χ2v) is 2.56. The molecule has 1 rings (SSSR count). The predicted octanol–water partition coefficient (Wildman–Crippen LogP) is 0.449. The van der Waals surface area contributed by atoms with Crippen LogP contribution in [0.5, 0.6) is 0 Å². The Balaban J connectivity index is 2.51. The third-order valence-corrected chi connectivity index (χ3v) is 1.85. The van der Waals surface area contributed by atoms with E-state index in [1.165, 1.54) is 0 Å². The minimum absolute atomic E-state index is 0.0673. The molecular weight excluding hydrogens is 130 g/mol. The Morgan fingerprint density at radius 1 is 1.60 bits per heavy atom. The summed E-state index contributed by atoms with van der Waals surface area (Å²) in [6.45, 7) is 1.96. The van der Waals surface area contributed by atoms with E-state index >= 15 is 0 Å². The van der Waals surface area contributed by atoms with Crippen molar-refractivity contribution in [3.8, 4) is 0 Å². The minimum atomic E-state index is -0.130. The number of rotatable bonds is 1. The van der Waals surface area contributed by atoms with Gasteiger partial charge in [0.25, 0.3) is 0 Å². The van der Waals surface area contributed by atoms with Crippen LogP contribution in [-0.4, -0.2) is 11.8 Å². The molecule has 0 saturated carbocycles. The minimum Gasteiger partial charge on any atom is -0.296 e. The molecule has 0 aromatic rings. The molecule has 0 aromatic heterocycles. The molecule has 1 fully saturated rings. The Kier molecular flexibility index (Phi) is 2.04. The van der Waals surface area contributed by atoms with Gasteiger partial charge in [0, 0.05) is 12.3 Å². The van der Waals surface area contributed by atoms with Gasteiger partial charge in [-0.3, -0.25) is 14.9 Å². The van der Waals surface area contributed by atoms with E-state index in [1.54, 1.807) is 0 Å². The van der Waals surface area contributed by atoms with Gasteiger partial charge in [0.1, 0.15) is 0 Å². The number of hydrogen-bond donors (Lipinski definition) is 1. The van der Waals surface area contributed by atoms with Gasteiger partial charge in [0.05, 0.1) is 0 Å². The van der Waals surface area contributed by atoms with Crippen LogP contribution in [0.15, 0.2) is 0 Å². The van der Waals surface area contributed by atoms with Crippen LogP contribution in [0, 0.1) is 5.92 Å². The lowest BCUT2D eigenvalue weighted by Crippen LogP contribution is -2.40. The zero-order valence-electron chi connectivity index (χ0n) is 6.02. The van der Waals surface area contributed by atoms with Crippen LogP contribution >= 0.6 is 0 Å². The molecule has 3 nitrogen and oxygen atoms in total. The van der Waals surface area contributed by atoms with Crippen LogP contribution in [0.3, 0.4) is 0 Å². The van der Waals surface area contributed by atoms with Crippen LogP contribution in [-0.2, 0) is 9.59 Å². The first-order chi connectivity index (χ1) is 4.74. The first kappa shape index (κ1) is 7.25. The smallest absolute Gasteiger partial charge is 0.229 e. The Morgan fingerprint density at radius 2 is 2.30 bits per heavy atom. The van der Waals surface area contributed by atoms with Gasteiger partial charge in [-0.15, -0.1) is 0 Å². The van der Waals surface area contributed by atoms with Crippen LogP contribution in [0.25, 0.3) is 0 Å². The molecule has 2 amide bonds. The topological polar surface area (TPSA) is 46.2 Å². The standard InChI is InChI=1S/C7H11NO2/c1-2-5-3-4-6(9)8-7(5)10/h5H,2-4H2,1H3,(H,8,9,10). The SMILES string of the molecule is CCC1CCC(=O)NC1=O. The Bertz CT molecular complexity index is 165. The summed E-state index contributed by atoms with van der Waals surface area (Å²) in [5.41, 5.74) is 0. The first-order valence-corrected chi connectivity index (χ1v) is 3.57. The molecule has 0 radical (unpaired) electrons. The Hall–Kier alpha value is -0.860. The molecule has 1 N–H and O–H groups in total. The summed E-state index contributed by atoms with van der Waals surface area (Å²) in [7, 11) is 0. The number of carbonyl (C=O) groups is 2. The van der Waals surface area contributed by atoms with Gasteiger partial charge in [-0.1, -0.05) is 6.92 Å². The van der Waals surface area contributed by atoms with Crippen molar-refractivity contribution in [2.45, 2.75) is 26.2 Å². The molecule has 0 spiro atoms. The second kappa shape index (κ2) is 2.82. The van der Waals surface area contributed by atoms with Crippen molar-refractivity contribution in [1.29, 1.82) is 0 Å². The largest absolute Gasteiger partial charge is 0.296 e. The van der Waals surface area contributed by atoms with Crippen LogP contribution in [0.2, 0.25) is 0 Å². The van der Waals surface area contributed by atoms with Gasteiger partial charge in [0.15, 0.2) is 0 Å². The summed E-state index contributed by atoms with van der Waals surface area (Å²) in [5, 5.41) is 2.30. The Morgan fingerprint density at radius 3 is 2.80 bits per heavy atom. The maximum atomic E-state index is 10.9. The zero-order valence-corrected chi connectivity index (χ0v) is 6.02. The molecular formula is C7H11NO2. The molecule has 56 valence electrons. The summed E-state index contributed by atoms with van der Waals surface area (Å²) >= 11 is 0. The van der Waals surface area contributed by atoms with Crippen molar-refractivity contribution in [2.75, 3.05) is 0 Å². The summed E-state index contributed by atoms with van der Waals surface area (Å²) < 4.78 is 0. The van der Waals surface area contributed by atoms with Crippen molar-refractivity contribution >= 4 is 11.8 Å². The quantitative estimate of drug-likeness (QED) is 0.539. The number of imide groups is 1. The lowest BCUT2D eigenvalue weighted by atomic mass is 9.96. The average molecular weight is 141 g/mol. The van der Waals surface area contributed by atoms with Gasteiger partial charge >= 0.3 is 0 Å². The third kappa shape index (κ3) is 1.35. The average Bonchev–Trinajstić information content (AvgIpc) is 1.88. The fourth-order valence-corrected chi connectivity index (χ4v) is 1.13. The third-order valence-electron chi connectivity index (χ3n) is 1.85. The number of carbonyl (C=O) groups excluding carboxylic acids is 2. The van der Waals surface area contributed by atoms with Gasteiger partial charge in [-0.25, -0.2) is 0 Å². The van der Waals surface area contributed by atoms with Gasteiger partial charge in [-0.2, -0.15) is 0 Å². The van der Waals surface area contributed by atoms with E-state index in [1.807, 2.05) is 6.92 Å². The van der Waals surface area contributed by atoms with Crippen molar-refractivity contribution in [3.05, 3.63) is 0 Å². The van der Waals surface area contributed by atoms with Gasteiger partial charge in [-0.05, 0) is 12.8 Å². The Labute approximate surface area is 59.8 Å². The molecule has 1 aliphatic rings.